The molecule has 0 unspecified atom stereocenters. The summed E-state index contributed by atoms with van der Waals surface area (Å²) in [5.74, 6) is -6.41. The summed E-state index contributed by atoms with van der Waals surface area (Å²) >= 11 is 0. The van der Waals surface area contributed by atoms with Gasteiger partial charge in [-0.05, 0) is 73.3 Å². The Labute approximate surface area is 205 Å². The molecule has 0 aliphatic heterocycles. The minimum atomic E-state index is -4.25. The Morgan fingerprint density at radius 3 is 1.97 bits per heavy atom. The highest BCUT2D eigenvalue weighted by atomic mass is 19.3. The Bertz CT molecular complexity index is 1160. The molecule has 0 aromatic heterocycles. The van der Waals surface area contributed by atoms with Crippen LogP contribution in [-0.2, 0) is 10.8 Å². The van der Waals surface area contributed by atoms with E-state index in [4.69, 9.17) is 4.74 Å². The van der Waals surface area contributed by atoms with Gasteiger partial charge < -0.3 is 9.47 Å². The highest BCUT2D eigenvalue weighted by Crippen LogP contribution is 2.38. The molecule has 0 radical (unpaired) electrons. The fourth-order valence-corrected chi connectivity index (χ4v) is 4.62. The van der Waals surface area contributed by atoms with Crippen LogP contribution in [0, 0.1) is 29.2 Å². The monoisotopic (exact) mass is 508 g/mol. The smallest absolute Gasteiger partial charge is 0.429 e. The number of benzene rings is 3. The van der Waals surface area contributed by atoms with Crippen molar-refractivity contribution in [2.24, 2.45) is 5.92 Å². The van der Waals surface area contributed by atoms with Gasteiger partial charge in [0.05, 0.1) is 5.56 Å². The van der Waals surface area contributed by atoms with Gasteiger partial charge in [-0.15, -0.1) is 0 Å². The summed E-state index contributed by atoms with van der Waals surface area (Å²) in [4.78, 5) is 0. The lowest BCUT2D eigenvalue weighted by atomic mass is 9.79. The molecular formula is C28H26F6O2. The Balaban J connectivity index is 1.45. The first-order valence-electron chi connectivity index (χ1n) is 11.9. The van der Waals surface area contributed by atoms with Gasteiger partial charge in [0.1, 0.15) is 11.6 Å². The maximum atomic E-state index is 14.7. The maximum Gasteiger partial charge on any atom is 0.429 e. The van der Waals surface area contributed by atoms with Gasteiger partial charge in [-0.1, -0.05) is 30.3 Å². The minimum absolute atomic E-state index is 0.269. The zero-order valence-electron chi connectivity index (χ0n) is 19.7. The average molecular weight is 509 g/mol. The van der Waals surface area contributed by atoms with Crippen molar-refractivity contribution >= 4 is 0 Å². The first-order chi connectivity index (χ1) is 17.2. The fourth-order valence-electron chi connectivity index (χ4n) is 4.62. The molecule has 3 aromatic rings. The summed E-state index contributed by atoms with van der Waals surface area (Å²) in [6.07, 6.45) is 0.0953. The number of ether oxygens (including phenoxy) is 2. The lowest BCUT2D eigenvalue weighted by molar-refractivity contribution is -0.187. The third-order valence-electron chi connectivity index (χ3n) is 6.61. The van der Waals surface area contributed by atoms with Gasteiger partial charge in [-0.25, -0.2) is 17.6 Å². The van der Waals surface area contributed by atoms with Crippen molar-refractivity contribution in [2.45, 2.75) is 44.6 Å². The van der Waals surface area contributed by atoms with Crippen LogP contribution in [0.4, 0.5) is 26.3 Å². The molecule has 0 spiro atoms. The lowest BCUT2D eigenvalue weighted by Crippen LogP contribution is -2.23. The molecule has 0 bridgehead atoms. The van der Waals surface area contributed by atoms with Crippen LogP contribution < -0.4 is 4.74 Å². The molecule has 0 heterocycles. The van der Waals surface area contributed by atoms with Gasteiger partial charge in [0, 0.05) is 25.3 Å². The predicted octanol–water partition coefficient (Wildman–Crippen LogP) is 8.35. The van der Waals surface area contributed by atoms with E-state index in [0.29, 0.717) is 23.0 Å². The molecule has 1 aliphatic rings. The quantitative estimate of drug-likeness (QED) is 0.225. The zero-order valence-corrected chi connectivity index (χ0v) is 19.7. The Morgan fingerprint density at radius 2 is 1.39 bits per heavy atom. The second-order valence-corrected chi connectivity index (χ2v) is 9.01. The van der Waals surface area contributed by atoms with Gasteiger partial charge in [0.15, 0.2) is 17.5 Å². The largest absolute Gasteiger partial charge is 0.429 e. The minimum Gasteiger partial charge on any atom is -0.429 e. The molecular weight excluding hydrogens is 482 g/mol. The standard InChI is InChI=1S/C28H26F6O2/c1-2-35-16-17-3-5-18(6-4-17)19-7-9-20(10-8-19)21-11-12-23(24(29)13-21)28(33,34)36-22-14-25(30)27(32)26(31)15-22/h7-15,17-18H,2-6,16H2,1H3. The molecule has 192 valence electrons. The van der Waals surface area contributed by atoms with Crippen molar-refractivity contribution in [3.63, 3.8) is 0 Å². The third kappa shape index (κ3) is 5.86. The Kier molecular flexibility index (Phi) is 7.93. The maximum absolute atomic E-state index is 14.7. The van der Waals surface area contributed by atoms with Gasteiger partial charge in [0.25, 0.3) is 0 Å². The zero-order chi connectivity index (χ0) is 25.9. The lowest BCUT2D eigenvalue weighted by Gasteiger charge is -2.28. The van der Waals surface area contributed by atoms with E-state index >= 15 is 0 Å². The van der Waals surface area contributed by atoms with E-state index in [1.54, 1.807) is 0 Å². The average Bonchev–Trinajstić information content (AvgIpc) is 2.86. The molecule has 1 saturated carbocycles. The van der Waals surface area contributed by atoms with Gasteiger partial charge in [-0.2, -0.15) is 8.78 Å². The number of rotatable bonds is 8. The van der Waals surface area contributed by atoms with Crippen LogP contribution in [0.25, 0.3) is 11.1 Å². The first kappa shape index (κ1) is 26.1. The molecule has 0 atom stereocenters. The van der Waals surface area contributed by atoms with Crippen molar-refractivity contribution < 1.29 is 35.8 Å². The topological polar surface area (TPSA) is 18.5 Å². The number of alkyl halides is 2. The normalized spacial score (nSPS) is 18.3. The summed E-state index contributed by atoms with van der Waals surface area (Å²) in [6.45, 7) is 3.51. The highest BCUT2D eigenvalue weighted by Gasteiger charge is 2.38. The molecule has 4 rings (SSSR count). The summed E-state index contributed by atoms with van der Waals surface area (Å²) < 4.78 is 93.3. The predicted molar refractivity (Wildman–Crippen MR) is 124 cm³/mol. The molecule has 8 heteroatoms. The van der Waals surface area contributed by atoms with Crippen molar-refractivity contribution in [3.8, 4) is 16.9 Å². The Morgan fingerprint density at radius 1 is 0.778 bits per heavy atom. The Hall–Kier alpha value is -3.00. The van der Waals surface area contributed by atoms with Gasteiger partial charge in [0.2, 0.25) is 0 Å². The van der Waals surface area contributed by atoms with E-state index in [9.17, 15) is 26.3 Å². The van der Waals surface area contributed by atoms with Crippen LogP contribution >= 0.6 is 0 Å². The molecule has 0 saturated heterocycles. The summed E-state index contributed by atoms with van der Waals surface area (Å²) in [5, 5.41) is 0. The first-order valence-corrected chi connectivity index (χ1v) is 11.9. The third-order valence-corrected chi connectivity index (χ3v) is 6.61. The van der Waals surface area contributed by atoms with Crippen molar-refractivity contribution in [3.05, 3.63) is 89.0 Å². The summed E-state index contributed by atoms with van der Waals surface area (Å²) in [5.41, 5.74) is 1.11. The van der Waals surface area contributed by atoms with E-state index in [0.717, 1.165) is 51.0 Å². The number of hydrogen-bond acceptors (Lipinski definition) is 2. The van der Waals surface area contributed by atoms with Crippen molar-refractivity contribution in [1.82, 2.24) is 0 Å². The molecule has 3 aromatic carbocycles. The molecule has 0 N–H and O–H groups in total. The van der Waals surface area contributed by atoms with E-state index in [-0.39, 0.29) is 12.1 Å². The fraction of sp³-hybridized carbons (Fsp3) is 0.357. The van der Waals surface area contributed by atoms with Crippen LogP contribution in [0.5, 0.6) is 5.75 Å². The van der Waals surface area contributed by atoms with Crippen LogP contribution in [-0.4, -0.2) is 13.2 Å². The van der Waals surface area contributed by atoms with Crippen LogP contribution in [0.2, 0.25) is 0 Å². The summed E-state index contributed by atoms with van der Waals surface area (Å²) in [7, 11) is 0. The SMILES string of the molecule is CCOCC1CCC(c2ccc(-c3ccc(C(F)(F)Oc4cc(F)c(F)c(F)c4)c(F)c3)cc2)CC1. The molecule has 2 nitrogen and oxygen atoms in total. The molecule has 36 heavy (non-hydrogen) atoms. The molecule has 1 aliphatic carbocycles. The van der Waals surface area contributed by atoms with E-state index in [1.165, 1.54) is 11.6 Å². The highest BCUT2D eigenvalue weighted by molar-refractivity contribution is 5.64. The molecule has 1 fully saturated rings. The van der Waals surface area contributed by atoms with Crippen molar-refractivity contribution in [1.29, 1.82) is 0 Å². The van der Waals surface area contributed by atoms with Gasteiger partial charge >= 0.3 is 6.11 Å². The second-order valence-electron chi connectivity index (χ2n) is 9.01. The molecule has 0 amide bonds. The van der Waals surface area contributed by atoms with E-state index in [2.05, 4.69) is 4.74 Å². The van der Waals surface area contributed by atoms with Crippen LogP contribution in [0.3, 0.4) is 0 Å². The van der Waals surface area contributed by atoms with Crippen LogP contribution in [0.1, 0.15) is 49.7 Å². The van der Waals surface area contributed by atoms with Crippen LogP contribution in [0.15, 0.2) is 54.6 Å². The number of hydrogen-bond donors (Lipinski definition) is 0. The second kappa shape index (κ2) is 10.9. The summed E-state index contributed by atoms with van der Waals surface area (Å²) in [6, 6.07) is 11.3. The van der Waals surface area contributed by atoms with E-state index < -0.39 is 40.7 Å². The van der Waals surface area contributed by atoms with Crippen molar-refractivity contribution in [2.75, 3.05) is 13.2 Å². The van der Waals surface area contributed by atoms with Gasteiger partial charge in [-0.3, -0.25) is 0 Å². The van der Waals surface area contributed by atoms with E-state index in [1.807, 2.05) is 31.2 Å². The number of halogens is 6.